The Bertz CT molecular complexity index is 804. The number of aryl methyl sites for hydroxylation is 1. The molecule has 0 fully saturated rings. The first-order chi connectivity index (χ1) is 11.2. The molecule has 0 aliphatic carbocycles. The third-order valence-electron chi connectivity index (χ3n) is 3.58. The van der Waals surface area contributed by atoms with Crippen LogP contribution in [0.4, 0.5) is 5.69 Å². The third kappa shape index (κ3) is 3.71. The number of hydrogen-bond acceptors (Lipinski definition) is 2. The van der Waals surface area contributed by atoms with Gasteiger partial charge in [-0.05, 0) is 48.4 Å². The largest absolute Gasteiger partial charge is 0.451 e. The van der Waals surface area contributed by atoms with E-state index in [-0.39, 0.29) is 5.91 Å². The highest BCUT2D eigenvalue weighted by Gasteiger charge is 2.12. The highest BCUT2D eigenvalue weighted by Crippen LogP contribution is 2.24. The third-order valence-corrected chi connectivity index (χ3v) is 4.11. The molecule has 0 radical (unpaired) electrons. The highest BCUT2D eigenvalue weighted by atomic mass is 79.9. The Morgan fingerprint density at radius 1 is 1.00 bits per heavy atom. The van der Waals surface area contributed by atoms with Crippen LogP contribution in [0.2, 0.25) is 0 Å². The van der Waals surface area contributed by atoms with Crippen LogP contribution in [0.5, 0.6) is 0 Å². The summed E-state index contributed by atoms with van der Waals surface area (Å²) in [4.78, 5) is 12.3. The summed E-state index contributed by atoms with van der Waals surface area (Å²) in [6.45, 7) is 2.10. The average molecular weight is 370 g/mol. The highest BCUT2D eigenvalue weighted by molar-refractivity contribution is 9.10. The van der Waals surface area contributed by atoms with Crippen molar-refractivity contribution in [2.75, 3.05) is 5.32 Å². The van der Waals surface area contributed by atoms with Gasteiger partial charge in [0, 0.05) is 15.7 Å². The van der Waals surface area contributed by atoms with Crippen LogP contribution in [0.3, 0.4) is 0 Å². The number of anilines is 1. The summed E-state index contributed by atoms with van der Waals surface area (Å²) in [5.41, 5.74) is 2.92. The normalized spacial score (nSPS) is 10.5. The van der Waals surface area contributed by atoms with Crippen molar-refractivity contribution in [3.8, 4) is 11.3 Å². The van der Waals surface area contributed by atoms with Crippen LogP contribution in [-0.2, 0) is 6.42 Å². The minimum atomic E-state index is -0.252. The topological polar surface area (TPSA) is 42.2 Å². The van der Waals surface area contributed by atoms with Crippen molar-refractivity contribution in [3.63, 3.8) is 0 Å². The summed E-state index contributed by atoms with van der Waals surface area (Å²) < 4.78 is 6.66. The number of amides is 1. The van der Waals surface area contributed by atoms with E-state index in [2.05, 4.69) is 28.2 Å². The van der Waals surface area contributed by atoms with E-state index >= 15 is 0 Å². The number of furan rings is 1. The Morgan fingerprint density at radius 3 is 2.35 bits per heavy atom. The van der Waals surface area contributed by atoms with Crippen LogP contribution in [-0.4, -0.2) is 5.91 Å². The number of carbonyl (C=O) groups excluding carboxylic acids is 1. The van der Waals surface area contributed by atoms with Crippen LogP contribution < -0.4 is 5.32 Å². The van der Waals surface area contributed by atoms with Gasteiger partial charge in [0.05, 0.1) is 0 Å². The van der Waals surface area contributed by atoms with Crippen molar-refractivity contribution in [3.05, 3.63) is 76.5 Å². The lowest BCUT2D eigenvalue weighted by Crippen LogP contribution is -2.10. The fourth-order valence-electron chi connectivity index (χ4n) is 2.25. The molecule has 0 unspecified atom stereocenters. The standard InChI is InChI=1S/C19H16BrNO2/c1-2-13-3-9-16(10-4-13)21-19(22)18-12-11-17(23-18)14-5-7-15(20)8-6-14/h3-12H,2H2,1H3,(H,21,22). The number of halogens is 1. The fourth-order valence-corrected chi connectivity index (χ4v) is 2.51. The predicted molar refractivity (Wildman–Crippen MR) is 95.6 cm³/mol. The second-order valence-electron chi connectivity index (χ2n) is 5.18. The van der Waals surface area contributed by atoms with E-state index in [0.29, 0.717) is 11.5 Å². The summed E-state index contributed by atoms with van der Waals surface area (Å²) in [7, 11) is 0. The van der Waals surface area contributed by atoms with Gasteiger partial charge in [-0.25, -0.2) is 0 Å². The number of hydrogen-bond donors (Lipinski definition) is 1. The molecule has 3 rings (SSSR count). The molecule has 1 amide bonds. The first kappa shape index (κ1) is 15.6. The molecule has 3 aromatic rings. The summed E-state index contributed by atoms with van der Waals surface area (Å²) in [6, 6.07) is 19.0. The smallest absolute Gasteiger partial charge is 0.291 e. The fraction of sp³-hybridized carbons (Fsp3) is 0.105. The van der Waals surface area contributed by atoms with E-state index in [0.717, 1.165) is 22.1 Å². The van der Waals surface area contributed by atoms with Gasteiger partial charge in [0.15, 0.2) is 5.76 Å². The zero-order chi connectivity index (χ0) is 16.2. The second-order valence-corrected chi connectivity index (χ2v) is 6.09. The molecule has 0 aliphatic heterocycles. The van der Waals surface area contributed by atoms with Crippen LogP contribution in [0.25, 0.3) is 11.3 Å². The molecule has 4 heteroatoms. The van der Waals surface area contributed by atoms with Crippen molar-refractivity contribution >= 4 is 27.5 Å². The van der Waals surface area contributed by atoms with Gasteiger partial charge in [-0.1, -0.05) is 47.1 Å². The Morgan fingerprint density at radius 2 is 1.70 bits per heavy atom. The molecule has 116 valence electrons. The van der Waals surface area contributed by atoms with Gasteiger partial charge in [-0.3, -0.25) is 4.79 Å². The van der Waals surface area contributed by atoms with Crippen molar-refractivity contribution in [2.24, 2.45) is 0 Å². The van der Waals surface area contributed by atoms with Gasteiger partial charge in [0.2, 0.25) is 0 Å². The minimum Gasteiger partial charge on any atom is -0.451 e. The quantitative estimate of drug-likeness (QED) is 0.657. The number of carbonyl (C=O) groups is 1. The van der Waals surface area contributed by atoms with Crippen LogP contribution in [0, 0.1) is 0 Å². The van der Waals surface area contributed by atoms with Gasteiger partial charge in [0.1, 0.15) is 5.76 Å². The Kier molecular flexibility index (Phi) is 4.63. The number of nitrogens with one attached hydrogen (secondary N) is 1. The van der Waals surface area contributed by atoms with E-state index in [1.165, 1.54) is 5.56 Å². The van der Waals surface area contributed by atoms with Crippen molar-refractivity contribution in [1.82, 2.24) is 0 Å². The van der Waals surface area contributed by atoms with Gasteiger partial charge in [-0.15, -0.1) is 0 Å². The Hall–Kier alpha value is -2.33. The van der Waals surface area contributed by atoms with E-state index < -0.39 is 0 Å². The molecule has 23 heavy (non-hydrogen) atoms. The maximum atomic E-state index is 12.3. The zero-order valence-electron chi connectivity index (χ0n) is 12.7. The lowest BCUT2D eigenvalue weighted by Gasteiger charge is -2.04. The lowest BCUT2D eigenvalue weighted by molar-refractivity contribution is 0.0997. The van der Waals surface area contributed by atoms with E-state index in [1.54, 1.807) is 12.1 Å². The van der Waals surface area contributed by atoms with Crippen molar-refractivity contribution in [2.45, 2.75) is 13.3 Å². The monoisotopic (exact) mass is 369 g/mol. The molecular weight excluding hydrogens is 354 g/mol. The van der Waals surface area contributed by atoms with Crippen LogP contribution >= 0.6 is 15.9 Å². The maximum Gasteiger partial charge on any atom is 0.291 e. The first-order valence-corrected chi connectivity index (χ1v) is 8.21. The van der Waals surface area contributed by atoms with Crippen molar-refractivity contribution < 1.29 is 9.21 Å². The Balaban J connectivity index is 1.74. The Labute approximate surface area is 143 Å². The molecule has 0 saturated heterocycles. The SMILES string of the molecule is CCc1ccc(NC(=O)c2ccc(-c3ccc(Br)cc3)o2)cc1. The number of benzene rings is 2. The lowest BCUT2D eigenvalue weighted by atomic mass is 10.1. The molecule has 3 nitrogen and oxygen atoms in total. The summed E-state index contributed by atoms with van der Waals surface area (Å²) in [6.07, 6.45) is 0.975. The van der Waals surface area contributed by atoms with Gasteiger partial charge in [0.25, 0.3) is 5.91 Å². The molecule has 1 N–H and O–H groups in total. The second kappa shape index (κ2) is 6.84. The molecule has 1 aromatic heterocycles. The number of rotatable bonds is 4. The van der Waals surface area contributed by atoms with Gasteiger partial charge < -0.3 is 9.73 Å². The van der Waals surface area contributed by atoms with Crippen LogP contribution in [0.1, 0.15) is 23.0 Å². The molecule has 1 heterocycles. The van der Waals surface area contributed by atoms with Gasteiger partial charge in [-0.2, -0.15) is 0 Å². The molecule has 0 aliphatic rings. The average Bonchev–Trinajstić information content (AvgIpc) is 3.06. The predicted octanol–water partition coefficient (Wildman–Crippen LogP) is 5.52. The van der Waals surface area contributed by atoms with Crippen molar-refractivity contribution in [1.29, 1.82) is 0 Å². The molecule has 2 aromatic carbocycles. The molecular formula is C19H16BrNO2. The minimum absolute atomic E-state index is 0.252. The maximum absolute atomic E-state index is 12.3. The van der Waals surface area contributed by atoms with Crippen LogP contribution in [0.15, 0.2) is 69.6 Å². The zero-order valence-corrected chi connectivity index (χ0v) is 14.3. The van der Waals surface area contributed by atoms with E-state index in [1.807, 2.05) is 48.5 Å². The first-order valence-electron chi connectivity index (χ1n) is 7.42. The van der Waals surface area contributed by atoms with E-state index in [4.69, 9.17) is 4.42 Å². The summed E-state index contributed by atoms with van der Waals surface area (Å²) in [5.74, 6) is 0.712. The molecule has 0 saturated carbocycles. The summed E-state index contributed by atoms with van der Waals surface area (Å²) >= 11 is 3.40. The molecule has 0 spiro atoms. The molecule has 0 atom stereocenters. The summed E-state index contributed by atoms with van der Waals surface area (Å²) in [5, 5.41) is 2.84. The van der Waals surface area contributed by atoms with E-state index in [9.17, 15) is 4.79 Å². The van der Waals surface area contributed by atoms with Gasteiger partial charge >= 0.3 is 0 Å². The molecule has 0 bridgehead atoms.